The van der Waals surface area contributed by atoms with Gasteiger partial charge in [0.1, 0.15) is 12.0 Å². The van der Waals surface area contributed by atoms with Crippen molar-refractivity contribution in [2.75, 3.05) is 40.8 Å². The molecule has 2 saturated heterocycles. The number of hydrogen-bond donors (Lipinski definition) is 0. The average Bonchev–Trinajstić information content (AvgIpc) is 3.02. The zero-order valence-corrected chi connectivity index (χ0v) is 24.7. The van der Waals surface area contributed by atoms with Crippen molar-refractivity contribution in [1.29, 1.82) is 0 Å². The Bertz CT molecular complexity index is 1600. The zero-order valence-electron chi connectivity index (χ0n) is 24.7. The molecule has 224 valence electrons. The Labute approximate surface area is 250 Å². The molecule has 4 heterocycles. The van der Waals surface area contributed by atoms with Crippen molar-refractivity contribution in [3.63, 3.8) is 0 Å². The van der Waals surface area contributed by atoms with Crippen LogP contribution in [0.3, 0.4) is 0 Å². The fourth-order valence-electron chi connectivity index (χ4n) is 7.01. The Morgan fingerprint density at radius 1 is 0.814 bits per heavy atom. The summed E-state index contributed by atoms with van der Waals surface area (Å²) in [6, 6.07) is 19.9. The van der Waals surface area contributed by atoms with Crippen molar-refractivity contribution in [3.05, 3.63) is 93.9 Å². The first-order valence-electron chi connectivity index (χ1n) is 14.6. The van der Waals surface area contributed by atoms with E-state index in [1.54, 1.807) is 25.3 Å². The van der Waals surface area contributed by atoms with Crippen LogP contribution in [0.5, 0.6) is 11.5 Å². The quantitative estimate of drug-likeness (QED) is 0.375. The largest absolute Gasteiger partial charge is 0.493 e. The first kappa shape index (κ1) is 28.7. The smallest absolute Gasteiger partial charge is 0.332 e. The lowest BCUT2D eigenvalue weighted by molar-refractivity contribution is -0.159. The molecule has 0 radical (unpaired) electrons. The van der Waals surface area contributed by atoms with Crippen LogP contribution in [0.1, 0.15) is 29.2 Å². The number of benzene rings is 2. The Kier molecular flexibility index (Phi) is 7.56. The summed E-state index contributed by atoms with van der Waals surface area (Å²) >= 11 is 0. The summed E-state index contributed by atoms with van der Waals surface area (Å²) in [5.74, 6) is 0.335. The van der Waals surface area contributed by atoms with E-state index in [9.17, 15) is 19.2 Å². The number of amides is 4. The highest BCUT2D eigenvalue weighted by molar-refractivity contribution is 6.19. The van der Waals surface area contributed by atoms with Gasteiger partial charge in [-0.25, -0.2) is 4.79 Å². The second-order valence-corrected chi connectivity index (χ2v) is 11.9. The van der Waals surface area contributed by atoms with E-state index in [2.05, 4.69) is 4.90 Å². The fourth-order valence-corrected chi connectivity index (χ4v) is 7.01. The Morgan fingerprint density at radius 2 is 1.56 bits per heavy atom. The molecule has 4 amide bonds. The first-order chi connectivity index (χ1) is 20.7. The van der Waals surface area contributed by atoms with Crippen LogP contribution in [-0.2, 0) is 29.2 Å². The van der Waals surface area contributed by atoms with E-state index in [0.29, 0.717) is 37.7 Å². The van der Waals surface area contributed by atoms with Gasteiger partial charge in [-0.3, -0.25) is 24.2 Å². The summed E-state index contributed by atoms with van der Waals surface area (Å²) in [6.45, 7) is 2.34. The lowest BCUT2D eigenvalue weighted by atomic mass is 9.75. The third-order valence-corrected chi connectivity index (χ3v) is 9.02. The number of likely N-dealkylation sites (tertiary alicyclic amines) is 1. The number of ether oxygens (including phenoxy) is 2. The molecular formula is C33H36N4O6. The first-order valence-corrected chi connectivity index (χ1v) is 14.6. The van der Waals surface area contributed by atoms with Crippen LogP contribution in [0.2, 0.25) is 0 Å². The minimum absolute atomic E-state index is 0.00121. The maximum Gasteiger partial charge on any atom is 0.332 e. The van der Waals surface area contributed by atoms with E-state index < -0.39 is 23.3 Å². The van der Waals surface area contributed by atoms with Gasteiger partial charge in [0, 0.05) is 58.0 Å². The molecule has 0 aliphatic carbocycles. The average molecular weight is 585 g/mol. The van der Waals surface area contributed by atoms with Gasteiger partial charge in [-0.1, -0.05) is 42.5 Å². The number of barbiturate groups is 1. The van der Waals surface area contributed by atoms with E-state index in [1.165, 1.54) is 14.1 Å². The Hall–Kier alpha value is -4.44. The second kappa shape index (κ2) is 11.3. The molecule has 0 saturated carbocycles. The maximum absolute atomic E-state index is 14.0. The molecule has 2 atom stereocenters. The predicted molar refractivity (Wildman–Crippen MR) is 159 cm³/mol. The van der Waals surface area contributed by atoms with E-state index in [0.717, 1.165) is 33.0 Å². The molecule has 10 heteroatoms. The molecule has 0 N–H and O–H groups in total. The number of nitrogens with zero attached hydrogens (tertiary/aromatic N) is 4. The minimum Gasteiger partial charge on any atom is -0.493 e. The number of fused-ring (bicyclic) bond motifs is 4. The molecule has 2 aromatic carbocycles. The standard InChI is InChI=1S/C33H36N4O6/c1-34-30(39)33(31(40)35(2)32(34)41,21-36-17-24-14-25(19-36)26-10-7-11-29(38)37(26)18-24)16-23-12-13-27(42-3)28(15-23)43-20-22-8-5-4-6-9-22/h4-13,15,24-25H,14,16-21H2,1-3H3/t24-,25?/m1/s1. The summed E-state index contributed by atoms with van der Waals surface area (Å²) in [6.07, 6.45) is 1.04. The molecule has 6 rings (SSSR count). The number of imide groups is 2. The van der Waals surface area contributed by atoms with Gasteiger partial charge in [0.2, 0.25) is 11.8 Å². The highest BCUT2D eigenvalue weighted by Crippen LogP contribution is 2.40. The Morgan fingerprint density at radius 3 is 2.28 bits per heavy atom. The van der Waals surface area contributed by atoms with Crippen molar-refractivity contribution < 1.29 is 23.9 Å². The van der Waals surface area contributed by atoms with Gasteiger partial charge in [-0.2, -0.15) is 0 Å². The van der Waals surface area contributed by atoms with Crippen LogP contribution >= 0.6 is 0 Å². The molecule has 1 unspecified atom stereocenters. The number of aromatic nitrogens is 1. The van der Waals surface area contributed by atoms with Crippen molar-refractivity contribution >= 4 is 17.8 Å². The summed E-state index contributed by atoms with van der Waals surface area (Å²) < 4.78 is 13.5. The normalized spacial score (nSPS) is 21.5. The molecule has 10 nitrogen and oxygen atoms in total. The van der Waals surface area contributed by atoms with Gasteiger partial charge < -0.3 is 18.9 Å². The third-order valence-electron chi connectivity index (χ3n) is 9.02. The van der Waals surface area contributed by atoms with Gasteiger partial charge in [-0.05, 0) is 48.1 Å². The lowest BCUT2D eigenvalue weighted by Crippen LogP contribution is -2.67. The van der Waals surface area contributed by atoms with E-state index in [1.807, 2.05) is 53.1 Å². The van der Waals surface area contributed by atoms with Gasteiger partial charge in [-0.15, -0.1) is 0 Å². The number of urea groups is 1. The van der Waals surface area contributed by atoms with Crippen LogP contribution in [0, 0.1) is 11.3 Å². The number of carbonyl (C=O) groups is 3. The molecule has 2 bridgehead atoms. The van der Waals surface area contributed by atoms with E-state index in [4.69, 9.17) is 9.47 Å². The number of piperidine rings is 1. The van der Waals surface area contributed by atoms with E-state index in [-0.39, 0.29) is 30.4 Å². The zero-order chi connectivity index (χ0) is 30.3. The van der Waals surface area contributed by atoms with Crippen LogP contribution in [0.25, 0.3) is 0 Å². The molecule has 2 fully saturated rings. The SMILES string of the molecule is COc1ccc(CC2(CN3CC4C[C@H](C3)Cn3c4cccc3=O)C(=O)N(C)C(=O)N(C)C2=O)cc1OCc1ccccc1. The van der Waals surface area contributed by atoms with Crippen LogP contribution in [-0.4, -0.2) is 78.0 Å². The predicted octanol–water partition coefficient (Wildman–Crippen LogP) is 3.13. The third kappa shape index (κ3) is 5.20. The van der Waals surface area contributed by atoms with Crippen LogP contribution in [0.15, 0.2) is 71.5 Å². The van der Waals surface area contributed by atoms with Gasteiger partial charge in [0.25, 0.3) is 5.56 Å². The summed E-state index contributed by atoms with van der Waals surface area (Å²) in [5.41, 5.74) is 1.18. The number of carbonyl (C=O) groups excluding carboxylic acids is 3. The minimum atomic E-state index is -1.52. The second-order valence-electron chi connectivity index (χ2n) is 11.9. The van der Waals surface area contributed by atoms with Crippen molar-refractivity contribution in [2.24, 2.45) is 11.3 Å². The monoisotopic (exact) mass is 584 g/mol. The van der Waals surface area contributed by atoms with Gasteiger partial charge in [0.05, 0.1) is 7.11 Å². The molecule has 3 aromatic rings. The van der Waals surface area contributed by atoms with Crippen molar-refractivity contribution in [3.8, 4) is 11.5 Å². The number of hydrogen-bond acceptors (Lipinski definition) is 7. The van der Waals surface area contributed by atoms with E-state index >= 15 is 0 Å². The van der Waals surface area contributed by atoms with Crippen molar-refractivity contribution in [1.82, 2.24) is 19.3 Å². The molecule has 0 spiro atoms. The number of rotatable bonds is 8. The number of pyridine rings is 1. The van der Waals surface area contributed by atoms with Gasteiger partial charge in [0.15, 0.2) is 11.5 Å². The lowest BCUT2D eigenvalue weighted by Gasteiger charge is -2.48. The van der Waals surface area contributed by atoms with Crippen molar-refractivity contribution in [2.45, 2.75) is 31.9 Å². The fraction of sp³-hybridized carbons (Fsp3) is 0.394. The topological polar surface area (TPSA) is 101 Å². The molecule has 1 aromatic heterocycles. The molecule has 3 aliphatic rings. The summed E-state index contributed by atoms with van der Waals surface area (Å²) in [5, 5.41) is 0. The molecular weight excluding hydrogens is 548 g/mol. The summed E-state index contributed by atoms with van der Waals surface area (Å²) in [7, 11) is 4.42. The summed E-state index contributed by atoms with van der Waals surface area (Å²) in [4.78, 5) is 57.7. The van der Waals surface area contributed by atoms with Crippen LogP contribution < -0.4 is 15.0 Å². The maximum atomic E-state index is 14.0. The number of methoxy groups -OCH3 is 1. The Balaban J connectivity index is 1.32. The highest BCUT2D eigenvalue weighted by atomic mass is 16.5. The van der Waals surface area contributed by atoms with Gasteiger partial charge >= 0.3 is 6.03 Å². The highest BCUT2D eigenvalue weighted by Gasteiger charge is 2.56. The van der Waals surface area contributed by atoms with Crippen LogP contribution in [0.4, 0.5) is 4.79 Å². The molecule has 3 aliphatic heterocycles. The molecule has 43 heavy (non-hydrogen) atoms.